The van der Waals surface area contributed by atoms with E-state index in [9.17, 15) is 9.59 Å². The van der Waals surface area contributed by atoms with Crippen molar-refractivity contribution in [2.45, 2.75) is 0 Å². The van der Waals surface area contributed by atoms with Crippen LogP contribution in [0.3, 0.4) is 0 Å². The van der Waals surface area contributed by atoms with Crippen LogP contribution in [0.25, 0.3) is 6.08 Å². The zero-order chi connectivity index (χ0) is 18.2. The average molecular weight is 394 g/mol. The Labute approximate surface area is 160 Å². The highest BCUT2D eigenvalue weighted by molar-refractivity contribution is 7.80. The minimum Gasteiger partial charge on any atom is -0.298 e. The summed E-state index contributed by atoms with van der Waals surface area (Å²) < 4.78 is 0. The molecule has 0 aliphatic rings. The van der Waals surface area contributed by atoms with Crippen molar-refractivity contribution in [3.05, 3.63) is 75.8 Å². The fraction of sp³-hybridized carbons (Fsp3) is 0. The Balaban J connectivity index is 1.83. The van der Waals surface area contributed by atoms with Crippen LogP contribution in [0.15, 0.2) is 54.6 Å². The molecule has 0 aliphatic carbocycles. The Morgan fingerprint density at radius 2 is 1.72 bits per heavy atom. The first-order valence-electron chi connectivity index (χ1n) is 7.05. The van der Waals surface area contributed by atoms with Gasteiger partial charge in [-0.2, -0.15) is 0 Å². The Kier molecular flexibility index (Phi) is 6.94. The summed E-state index contributed by atoms with van der Waals surface area (Å²) in [5, 5.41) is 2.97. The maximum absolute atomic E-state index is 12.0. The van der Waals surface area contributed by atoms with Gasteiger partial charge in [0.1, 0.15) is 0 Å². The molecule has 5 nitrogen and oxygen atoms in total. The van der Waals surface area contributed by atoms with E-state index in [0.717, 1.165) is 5.56 Å². The number of hydrogen-bond acceptors (Lipinski definition) is 3. The predicted molar refractivity (Wildman–Crippen MR) is 103 cm³/mol. The number of nitrogens with one attached hydrogen (secondary N) is 3. The molecule has 0 bridgehead atoms. The van der Waals surface area contributed by atoms with Crippen LogP contribution in [0.2, 0.25) is 10.0 Å². The molecule has 0 unspecified atom stereocenters. The van der Waals surface area contributed by atoms with Crippen LogP contribution in [0.5, 0.6) is 0 Å². The van der Waals surface area contributed by atoms with Crippen LogP contribution in [0.1, 0.15) is 15.9 Å². The molecule has 0 aliphatic heterocycles. The summed E-state index contributed by atoms with van der Waals surface area (Å²) in [7, 11) is 0. The Bertz CT molecular complexity index is 826. The molecule has 2 rings (SSSR count). The largest absolute Gasteiger partial charge is 0.298 e. The first-order chi connectivity index (χ1) is 12.0. The second kappa shape index (κ2) is 9.17. The molecule has 2 amide bonds. The SMILES string of the molecule is O=C(C=Cc1ccccc1)NC(=S)NNC(=O)c1ccc(Cl)cc1Cl. The van der Waals surface area contributed by atoms with Crippen molar-refractivity contribution in [2.24, 2.45) is 0 Å². The molecule has 2 aromatic carbocycles. The molecule has 25 heavy (non-hydrogen) atoms. The van der Waals surface area contributed by atoms with Crippen LogP contribution in [0.4, 0.5) is 0 Å². The third-order valence-corrected chi connectivity index (χ3v) is 3.68. The van der Waals surface area contributed by atoms with E-state index < -0.39 is 11.8 Å². The molecular weight excluding hydrogens is 381 g/mol. The second-order valence-electron chi connectivity index (χ2n) is 4.77. The highest BCUT2D eigenvalue weighted by Gasteiger charge is 2.11. The predicted octanol–water partition coefficient (Wildman–Crippen LogP) is 3.34. The molecule has 2 aromatic rings. The van der Waals surface area contributed by atoms with Crippen LogP contribution in [0, 0.1) is 0 Å². The third-order valence-electron chi connectivity index (χ3n) is 2.93. The van der Waals surface area contributed by atoms with Gasteiger partial charge in [0.05, 0.1) is 10.6 Å². The van der Waals surface area contributed by atoms with E-state index in [2.05, 4.69) is 16.2 Å². The van der Waals surface area contributed by atoms with E-state index in [1.54, 1.807) is 6.08 Å². The fourth-order valence-electron chi connectivity index (χ4n) is 1.78. The van der Waals surface area contributed by atoms with Gasteiger partial charge in [-0.25, -0.2) is 0 Å². The first kappa shape index (κ1) is 18.9. The van der Waals surface area contributed by atoms with Crippen molar-refractivity contribution in [3.8, 4) is 0 Å². The smallest absolute Gasteiger partial charge is 0.271 e. The van der Waals surface area contributed by atoms with Crippen LogP contribution < -0.4 is 16.2 Å². The van der Waals surface area contributed by atoms with E-state index in [1.807, 2.05) is 30.3 Å². The normalized spacial score (nSPS) is 10.3. The summed E-state index contributed by atoms with van der Waals surface area (Å²) in [5.41, 5.74) is 5.86. The van der Waals surface area contributed by atoms with E-state index in [4.69, 9.17) is 35.4 Å². The van der Waals surface area contributed by atoms with Crippen molar-refractivity contribution in [2.75, 3.05) is 0 Å². The Morgan fingerprint density at radius 3 is 2.40 bits per heavy atom. The minimum atomic E-state index is -0.516. The average Bonchev–Trinajstić information content (AvgIpc) is 2.59. The van der Waals surface area contributed by atoms with Crippen LogP contribution >= 0.6 is 35.4 Å². The van der Waals surface area contributed by atoms with Crippen LogP contribution in [-0.2, 0) is 4.79 Å². The van der Waals surface area contributed by atoms with Gasteiger partial charge in [-0.1, -0.05) is 53.5 Å². The number of hydrazine groups is 1. The van der Waals surface area contributed by atoms with Gasteiger partial charge >= 0.3 is 0 Å². The Hall–Kier alpha value is -2.41. The summed E-state index contributed by atoms with van der Waals surface area (Å²) in [6.07, 6.45) is 2.98. The maximum atomic E-state index is 12.0. The summed E-state index contributed by atoms with van der Waals surface area (Å²) in [4.78, 5) is 23.7. The van der Waals surface area contributed by atoms with Crippen LogP contribution in [-0.4, -0.2) is 16.9 Å². The highest BCUT2D eigenvalue weighted by Crippen LogP contribution is 2.20. The van der Waals surface area contributed by atoms with Crippen molar-refractivity contribution in [1.29, 1.82) is 0 Å². The number of carbonyl (C=O) groups excluding carboxylic acids is 2. The van der Waals surface area contributed by atoms with Crippen molar-refractivity contribution >= 4 is 58.4 Å². The number of halogens is 2. The number of rotatable bonds is 3. The van der Waals surface area contributed by atoms with E-state index in [0.29, 0.717) is 5.02 Å². The molecule has 3 N–H and O–H groups in total. The van der Waals surface area contributed by atoms with Gasteiger partial charge in [-0.15, -0.1) is 0 Å². The summed E-state index contributed by atoms with van der Waals surface area (Å²) in [6.45, 7) is 0. The van der Waals surface area contributed by atoms with Gasteiger partial charge < -0.3 is 0 Å². The molecule has 8 heteroatoms. The zero-order valence-electron chi connectivity index (χ0n) is 12.8. The molecule has 128 valence electrons. The molecule has 0 fully saturated rings. The number of amides is 2. The molecule has 0 aromatic heterocycles. The standard InChI is InChI=1S/C17H13Cl2N3O2S/c18-12-7-8-13(14(19)10-12)16(24)21-22-17(25)20-15(23)9-6-11-4-2-1-3-5-11/h1-10H,(H,21,24)(H2,20,22,23,25). The van der Waals surface area contributed by atoms with Gasteiger partial charge in [-0.3, -0.25) is 25.8 Å². The lowest BCUT2D eigenvalue weighted by Crippen LogP contribution is -2.48. The maximum Gasteiger partial charge on any atom is 0.271 e. The zero-order valence-corrected chi connectivity index (χ0v) is 15.1. The quantitative estimate of drug-likeness (QED) is 0.424. The number of benzene rings is 2. The van der Waals surface area contributed by atoms with Gasteiger partial charge in [0.25, 0.3) is 5.91 Å². The van der Waals surface area contributed by atoms with E-state index in [-0.39, 0.29) is 15.7 Å². The number of carbonyl (C=O) groups is 2. The number of thiocarbonyl (C=S) groups is 1. The van der Waals surface area contributed by atoms with E-state index >= 15 is 0 Å². The van der Waals surface area contributed by atoms with E-state index in [1.165, 1.54) is 24.3 Å². The Morgan fingerprint density at radius 1 is 1.00 bits per heavy atom. The van der Waals surface area contributed by atoms with Crippen molar-refractivity contribution in [1.82, 2.24) is 16.2 Å². The molecule has 0 atom stereocenters. The lowest BCUT2D eigenvalue weighted by molar-refractivity contribution is -0.115. The second-order valence-corrected chi connectivity index (χ2v) is 6.02. The van der Waals surface area contributed by atoms with Gasteiger partial charge in [-0.05, 0) is 42.1 Å². The lowest BCUT2D eigenvalue weighted by Gasteiger charge is -2.10. The summed E-state index contributed by atoms with van der Waals surface area (Å²) in [6, 6.07) is 13.8. The molecule has 0 radical (unpaired) electrons. The fourth-order valence-corrected chi connectivity index (χ4v) is 2.42. The molecular formula is C17H13Cl2N3O2S. The summed E-state index contributed by atoms with van der Waals surface area (Å²) >= 11 is 16.7. The third kappa shape index (κ3) is 6.19. The van der Waals surface area contributed by atoms with Gasteiger partial charge in [0, 0.05) is 11.1 Å². The van der Waals surface area contributed by atoms with Gasteiger partial charge in [0.15, 0.2) is 5.11 Å². The molecule has 0 saturated carbocycles. The molecule has 0 spiro atoms. The first-order valence-corrected chi connectivity index (χ1v) is 8.21. The molecule has 0 saturated heterocycles. The van der Waals surface area contributed by atoms with Crippen molar-refractivity contribution in [3.63, 3.8) is 0 Å². The van der Waals surface area contributed by atoms with Crippen molar-refractivity contribution < 1.29 is 9.59 Å². The monoisotopic (exact) mass is 393 g/mol. The minimum absolute atomic E-state index is 0.0545. The highest BCUT2D eigenvalue weighted by atomic mass is 35.5. The topological polar surface area (TPSA) is 70.2 Å². The number of hydrogen-bond donors (Lipinski definition) is 3. The molecule has 0 heterocycles. The van der Waals surface area contributed by atoms with Gasteiger partial charge in [0.2, 0.25) is 5.91 Å². The summed E-state index contributed by atoms with van der Waals surface area (Å²) in [5.74, 6) is -0.946. The lowest BCUT2D eigenvalue weighted by atomic mass is 10.2.